The Morgan fingerprint density at radius 1 is 1.40 bits per heavy atom. The lowest BCUT2D eigenvalue weighted by Gasteiger charge is -2.19. The minimum Gasteiger partial charge on any atom is -0.496 e. The molecule has 3 heteroatoms. The molecule has 0 saturated heterocycles. The van der Waals surface area contributed by atoms with Crippen molar-refractivity contribution >= 4 is 0 Å². The lowest BCUT2D eigenvalue weighted by Crippen LogP contribution is -2.14. The Morgan fingerprint density at radius 2 is 2.07 bits per heavy atom. The van der Waals surface area contributed by atoms with E-state index in [9.17, 15) is 5.11 Å². The van der Waals surface area contributed by atoms with Crippen molar-refractivity contribution in [1.29, 1.82) is 0 Å². The second-order valence-corrected chi connectivity index (χ2v) is 3.87. The van der Waals surface area contributed by atoms with Crippen LogP contribution in [0.5, 0.6) is 5.75 Å². The molecule has 0 heterocycles. The van der Waals surface area contributed by atoms with E-state index in [0.717, 1.165) is 16.9 Å². The van der Waals surface area contributed by atoms with Gasteiger partial charge in [-0.25, -0.2) is 0 Å². The minimum atomic E-state index is -0.613. The molecule has 0 aromatic heterocycles. The van der Waals surface area contributed by atoms with Gasteiger partial charge < -0.3 is 15.6 Å². The van der Waals surface area contributed by atoms with E-state index in [4.69, 9.17) is 10.5 Å². The van der Waals surface area contributed by atoms with Gasteiger partial charge in [0.05, 0.1) is 13.2 Å². The van der Waals surface area contributed by atoms with Gasteiger partial charge in [-0.3, -0.25) is 0 Å². The largest absolute Gasteiger partial charge is 0.496 e. The predicted molar refractivity (Wildman–Crippen MR) is 61.1 cm³/mol. The molecule has 0 fully saturated rings. The molecule has 1 unspecified atom stereocenters. The highest BCUT2D eigenvalue weighted by Crippen LogP contribution is 2.32. The van der Waals surface area contributed by atoms with Crippen LogP contribution in [0.25, 0.3) is 0 Å². The summed E-state index contributed by atoms with van der Waals surface area (Å²) in [7, 11) is 1.64. The van der Waals surface area contributed by atoms with Crippen molar-refractivity contribution in [2.24, 2.45) is 5.73 Å². The molecule has 0 amide bonds. The van der Waals surface area contributed by atoms with Crippen molar-refractivity contribution in [3.05, 3.63) is 29.3 Å². The summed E-state index contributed by atoms with van der Waals surface area (Å²) in [4.78, 5) is 0. The van der Waals surface area contributed by atoms with Gasteiger partial charge in [0.15, 0.2) is 0 Å². The van der Waals surface area contributed by atoms with Gasteiger partial charge >= 0.3 is 0 Å². The molecule has 1 atom stereocenters. The van der Waals surface area contributed by atoms with E-state index in [1.165, 1.54) is 0 Å². The van der Waals surface area contributed by atoms with Crippen molar-refractivity contribution in [3.8, 4) is 5.75 Å². The van der Waals surface area contributed by atoms with Crippen molar-refractivity contribution < 1.29 is 9.84 Å². The van der Waals surface area contributed by atoms with E-state index in [1.54, 1.807) is 7.11 Å². The molecule has 1 aromatic rings. The van der Waals surface area contributed by atoms with Gasteiger partial charge in [0.25, 0.3) is 0 Å². The SMILES string of the molecule is COc1cccc(C(O)CN)c1C(C)C. The molecule has 0 bridgehead atoms. The Kier molecular flexibility index (Phi) is 4.12. The highest BCUT2D eigenvalue weighted by Gasteiger charge is 2.17. The highest BCUT2D eigenvalue weighted by molar-refractivity contribution is 5.43. The van der Waals surface area contributed by atoms with Crippen molar-refractivity contribution in [2.75, 3.05) is 13.7 Å². The lowest BCUT2D eigenvalue weighted by molar-refractivity contribution is 0.184. The first-order valence-corrected chi connectivity index (χ1v) is 5.16. The van der Waals surface area contributed by atoms with Crippen molar-refractivity contribution in [2.45, 2.75) is 25.9 Å². The average molecular weight is 209 g/mol. The zero-order valence-corrected chi connectivity index (χ0v) is 9.53. The number of benzene rings is 1. The predicted octanol–water partition coefficient (Wildman–Crippen LogP) is 1.81. The molecule has 1 rings (SSSR count). The van der Waals surface area contributed by atoms with Gasteiger partial charge in [-0.1, -0.05) is 26.0 Å². The van der Waals surface area contributed by atoms with E-state index >= 15 is 0 Å². The maximum atomic E-state index is 9.80. The third-order valence-corrected chi connectivity index (χ3v) is 2.48. The molecule has 0 aliphatic rings. The first kappa shape index (κ1) is 12.0. The standard InChI is InChI=1S/C12H19NO2/c1-8(2)12-9(10(14)7-13)5-4-6-11(12)15-3/h4-6,8,10,14H,7,13H2,1-3H3. The fraction of sp³-hybridized carbons (Fsp3) is 0.500. The Morgan fingerprint density at radius 3 is 2.53 bits per heavy atom. The van der Waals surface area contributed by atoms with Crippen LogP contribution in [-0.2, 0) is 0 Å². The molecule has 1 aromatic carbocycles. The molecule has 15 heavy (non-hydrogen) atoms. The van der Waals surface area contributed by atoms with Crippen LogP contribution in [0.2, 0.25) is 0 Å². The molecule has 0 aliphatic carbocycles. The third-order valence-electron chi connectivity index (χ3n) is 2.48. The van der Waals surface area contributed by atoms with Crippen LogP contribution in [-0.4, -0.2) is 18.8 Å². The van der Waals surface area contributed by atoms with Crippen LogP contribution < -0.4 is 10.5 Å². The van der Waals surface area contributed by atoms with Gasteiger partial charge in [0, 0.05) is 12.1 Å². The summed E-state index contributed by atoms with van der Waals surface area (Å²) < 4.78 is 5.29. The normalized spacial score (nSPS) is 12.9. The summed E-state index contributed by atoms with van der Waals surface area (Å²) in [5, 5.41) is 9.80. The number of hydrogen-bond donors (Lipinski definition) is 2. The van der Waals surface area contributed by atoms with Gasteiger partial charge in [0.1, 0.15) is 5.75 Å². The quantitative estimate of drug-likeness (QED) is 0.795. The minimum absolute atomic E-state index is 0.229. The first-order chi connectivity index (χ1) is 7.11. The van der Waals surface area contributed by atoms with E-state index < -0.39 is 6.10 Å². The van der Waals surface area contributed by atoms with E-state index in [-0.39, 0.29) is 6.54 Å². The monoisotopic (exact) mass is 209 g/mol. The third kappa shape index (κ3) is 2.49. The lowest BCUT2D eigenvalue weighted by atomic mass is 9.93. The Labute approximate surface area is 90.9 Å². The molecule has 84 valence electrons. The maximum absolute atomic E-state index is 9.80. The Hall–Kier alpha value is -1.06. The fourth-order valence-electron chi connectivity index (χ4n) is 1.77. The van der Waals surface area contributed by atoms with Crippen LogP contribution in [0.1, 0.15) is 37.0 Å². The second kappa shape index (κ2) is 5.14. The molecule has 0 radical (unpaired) electrons. The number of hydrogen-bond acceptors (Lipinski definition) is 3. The summed E-state index contributed by atoms with van der Waals surface area (Å²) in [6.07, 6.45) is -0.613. The van der Waals surface area contributed by atoms with E-state index in [0.29, 0.717) is 5.92 Å². The highest BCUT2D eigenvalue weighted by atomic mass is 16.5. The van der Waals surface area contributed by atoms with Crippen LogP contribution in [0.3, 0.4) is 0 Å². The number of ether oxygens (including phenoxy) is 1. The second-order valence-electron chi connectivity index (χ2n) is 3.87. The van der Waals surface area contributed by atoms with E-state index in [2.05, 4.69) is 13.8 Å². The zero-order chi connectivity index (χ0) is 11.4. The van der Waals surface area contributed by atoms with Crippen molar-refractivity contribution in [1.82, 2.24) is 0 Å². The molecule has 0 aliphatic heterocycles. The number of rotatable bonds is 4. The van der Waals surface area contributed by atoms with Crippen molar-refractivity contribution in [3.63, 3.8) is 0 Å². The topological polar surface area (TPSA) is 55.5 Å². The summed E-state index contributed by atoms with van der Waals surface area (Å²) in [6, 6.07) is 5.68. The molecule has 3 nitrogen and oxygen atoms in total. The zero-order valence-electron chi connectivity index (χ0n) is 9.53. The number of nitrogens with two attached hydrogens (primary N) is 1. The van der Waals surface area contributed by atoms with Crippen LogP contribution in [0, 0.1) is 0 Å². The molecule has 3 N–H and O–H groups in total. The van der Waals surface area contributed by atoms with Crippen LogP contribution >= 0.6 is 0 Å². The van der Waals surface area contributed by atoms with E-state index in [1.807, 2.05) is 18.2 Å². The summed E-state index contributed by atoms with van der Waals surface area (Å²) in [5.74, 6) is 1.12. The smallest absolute Gasteiger partial charge is 0.122 e. The molecular weight excluding hydrogens is 190 g/mol. The summed E-state index contributed by atoms with van der Waals surface area (Å²) in [6.45, 7) is 4.38. The van der Waals surface area contributed by atoms with Crippen LogP contribution in [0.15, 0.2) is 18.2 Å². The molecule has 0 spiro atoms. The number of aliphatic hydroxyl groups excluding tert-OH is 1. The number of aliphatic hydroxyl groups is 1. The van der Waals surface area contributed by atoms with Crippen LogP contribution in [0.4, 0.5) is 0 Å². The van der Waals surface area contributed by atoms with Gasteiger partial charge in [-0.05, 0) is 17.5 Å². The van der Waals surface area contributed by atoms with Gasteiger partial charge in [-0.2, -0.15) is 0 Å². The van der Waals surface area contributed by atoms with Gasteiger partial charge in [0.2, 0.25) is 0 Å². The average Bonchev–Trinajstić information content (AvgIpc) is 2.26. The summed E-state index contributed by atoms with van der Waals surface area (Å²) in [5.41, 5.74) is 7.38. The Balaban J connectivity index is 3.25. The first-order valence-electron chi connectivity index (χ1n) is 5.16. The maximum Gasteiger partial charge on any atom is 0.122 e. The summed E-state index contributed by atoms with van der Waals surface area (Å²) >= 11 is 0. The molecule has 0 saturated carbocycles. The van der Waals surface area contributed by atoms with Gasteiger partial charge in [-0.15, -0.1) is 0 Å². The fourth-order valence-corrected chi connectivity index (χ4v) is 1.77. The number of methoxy groups -OCH3 is 1. The Bertz CT molecular complexity index is 323. The molecular formula is C12H19NO2.